The maximum Gasteiger partial charge on any atom is 0.270 e. The molecule has 1 aromatic rings. The summed E-state index contributed by atoms with van der Waals surface area (Å²) in [5.41, 5.74) is 0.718. The molecule has 3 amide bonds. The number of amides is 3. The van der Waals surface area contributed by atoms with Crippen molar-refractivity contribution in [1.29, 1.82) is 0 Å². The van der Waals surface area contributed by atoms with Crippen LogP contribution in [0, 0.1) is 11.8 Å². The summed E-state index contributed by atoms with van der Waals surface area (Å²) in [5, 5.41) is 13.3. The smallest absolute Gasteiger partial charge is 0.270 e. The van der Waals surface area contributed by atoms with Crippen molar-refractivity contribution < 1.29 is 19.5 Å². The number of hydrogen-bond acceptors (Lipinski definition) is 5. The van der Waals surface area contributed by atoms with Crippen molar-refractivity contribution in [2.75, 3.05) is 6.61 Å². The zero-order valence-electron chi connectivity index (χ0n) is 11.0. The topological polar surface area (TPSA) is 108 Å². The molecule has 7 nitrogen and oxygen atoms in total. The molecule has 1 fully saturated rings. The second kappa shape index (κ2) is 6.63. The Morgan fingerprint density at radius 2 is 2.29 bits per heavy atom. The number of imide groups is 1. The van der Waals surface area contributed by atoms with Crippen LogP contribution in [0.1, 0.15) is 28.9 Å². The minimum Gasteiger partial charge on any atom is -0.384 e. The number of nitrogens with zero attached hydrogens (tertiary/aromatic N) is 1. The fourth-order valence-electron chi connectivity index (χ4n) is 1.81. The van der Waals surface area contributed by atoms with E-state index in [0.29, 0.717) is 5.56 Å². The lowest BCUT2D eigenvalue weighted by Gasteiger charge is -2.21. The second-order valence-electron chi connectivity index (χ2n) is 4.37. The van der Waals surface area contributed by atoms with Crippen LogP contribution in [0.25, 0.3) is 0 Å². The van der Waals surface area contributed by atoms with E-state index in [4.69, 9.17) is 5.11 Å². The molecule has 0 bridgehead atoms. The van der Waals surface area contributed by atoms with E-state index in [0.717, 1.165) is 0 Å². The molecule has 2 rings (SSSR count). The third-order valence-electron chi connectivity index (χ3n) is 2.85. The summed E-state index contributed by atoms with van der Waals surface area (Å²) in [6.07, 6.45) is 1.87. The van der Waals surface area contributed by atoms with E-state index < -0.39 is 17.9 Å². The van der Waals surface area contributed by atoms with Crippen molar-refractivity contribution in [3.05, 3.63) is 29.6 Å². The molecular formula is C14H13N3O4. The molecule has 0 saturated carbocycles. The Hall–Kier alpha value is -2.72. The highest BCUT2D eigenvalue weighted by molar-refractivity contribution is 6.03. The first-order valence-corrected chi connectivity index (χ1v) is 6.30. The Morgan fingerprint density at radius 1 is 1.48 bits per heavy atom. The molecule has 7 heteroatoms. The van der Waals surface area contributed by atoms with Crippen molar-refractivity contribution in [3.8, 4) is 11.8 Å². The quantitative estimate of drug-likeness (QED) is 0.475. The van der Waals surface area contributed by atoms with Crippen molar-refractivity contribution in [2.45, 2.75) is 18.9 Å². The molecule has 1 unspecified atom stereocenters. The molecule has 21 heavy (non-hydrogen) atoms. The minimum absolute atomic E-state index is 0.147. The zero-order valence-corrected chi connectivity index (χ0v) is 11.0. The van der Waals surface area contributed by atoms with Gasteiger partial charge in [-0.25, -0.2) is 4.98 Å². The van der Waals surface area contributed by atoms with Gasteiger partial charge in [0.15, 0.2) is 0 Å². The molecule has 1 saturated heterocycles. The number of piperidine rings is 1. The second-order valence-corrected chi connectivity index (χ2v) is 4.37. The standard InChI is InChI=1S/C14H13N3O4/c18-7-1-2-9-3-4-10(15-8-9)13(20)16-11-5-6-12(19)17-14(11)21/h3-4,8,11,18H,5-7H2,(H,16,20)(H,17,19,21). The highest BCUT2D eigenvalue weighted by Gasteiger charge is 2.28. The van der Waals surface area contributed by atoms with Crippen molar-refractivity contribution in [1.82, 2.24) is 15.6 Å². The summed E-state index contributed by atoms with van der Waals surface area (Å²) in [7, 11) is 0. The Labute approximate surface area is 120 Å². The summed E-state index contributed by atoms with van der Waals surface area (Å²) >= 11 is 0. The van der Waals surface area contributed by atoms with Gasteiger partial charge in [-0.3, -0.25) is 19.7 Å². The van der Waals surface area contributed by atoms with Crippen LogP contribution >= 0.6 is 0 Å². The minimum atomic E-state index is -0.731. The molecule has 108 valence electrons. The predicted octanol–water partition coefficient (Wildman–Crippen LogP) is -1.04. The molecule has 3 N–H and O–H groups in total. The highest BCUT2D eigenvalue weighted by atomic mass is 16.2. The van der Waals surface area contributed by atoms with Crippen molar-refractivity contribution in [3.63, 3.8) is 0 Å². The van der Waals surface area contributed by atoms with Crippen LogP contribution in [0.3, 0.4) is 0 Å². The Kier molecular flexibility index (Phi) is 4.64. The maximum atomic E-state index is 12.0. The van der Waals surface area contributed by atoms with E-state index in [1.54, 1.807) is 6.07 Å². The average Bonchev–Trinajstić information content (AvgIpc) is 2.48. The molecule has 2 heterocycles. The SMILES string of the molecule is O=C1CCC(NC(=O)c2ccc(C#CCO)cn2)C(=O)N1. The van der Waals surface area contributed by atoms with E-state index in [9.17, 15) is 14.4 Å². The van der Waals surface area contributed by atoms with Gasteiger partial charge in [0.2, 0.25) is 11.8 Å². The normalized spacial score (nSPS) is 17.5. The van der Waals surface area contributed by atoms with Crippen molar-refractivity contribution >= 4 is 17.7 Å². The van der Waals surface area contributed by atoms with E-state index in [2.05, 4.69) is 27.5 Å². The lowest BCUT2D eigenvalue weighted by Crippen LogP contribution is -2.52. The van der Waals surface area contributed by atoms with E-state index >= 15 is 0 Å². The van der Waals surface area contributed by atoms with Crippen LogP contribution in [0.5, 0.6) is 0 Å². The van der Waals surface area contributed by atoms with Gasteiger partial charge in [-0.1, -0.05) is 11.8 Å². The monoisotopic (exact) mass is 287 g/mol. The Morgan fingerprint density at radius 3 is 2.90 bits per heavy atom. The number of nitrogens with one attached hydrogen (secondary N) is 2. The van der Waals surface area contributed by atoms with E-state index in [1.165, 1.54) is 12.3 Å². The fourth-order valence-corrected chi connectivity index (χ4v) is 1.81. The largest absolute Gasteiger partial charge is 0.384 e. The lowest BCUT2D eigenvalue weighted by atomic mass is 10.1. The molecule has 0 spiro atoms. The zero-order chi connectivity index (χ0) is 15.2. The Balaban J connectivity index is 2.00. The summed E-state index contributed by atoms with van der Waals surface area (Å²) in [6.45, 7) is -0.252. The molecule has 1 aromatic heterocycles. The molecule has 1 aliphatic heterocycles. The number of aromatic nitrogens is 1. The Bertz CT molecular complexity index is 628. The van der Waals surface area contributed by atoms with Gasteiger partial charge in [0.25, 0.3) is 5.91 Å². The number of pyridine rings is 1. The van der Waals surface area contributed by atoms with E-state index in [-0.39, 0.29) is 31.0 Å². The first-order valence-electron chi connectivity index (χ1n) is 6.30. The fraction of sp³-hybridized carbons (Fsp3) is 0.286. The number of rotatable bonds is 2. The van der Waals surface area contributed by atoms with Crippen LogP contribution in [0.15, 0.2) is 18.3 Å². The first-order chi connectivity index (χ1) is 10.1. The summed E-state index contributed by atoms with van der Waals surface area (Å²) < 4.78 is 0. The first kappa shape index (κ1) is 14.7. The van der Waals surface area contributed by atoms with E-state index in [1.807, 2.05) is 0 Å². The average molecular weight is 287 g/mol. The van der Waals surface area contributed by atoms with Crippen molar-refractivity contribution in [2.24, 2.45) is 0 Å². The highest BCUT2D eigenvalue weighted by Crippen LogP contribution is 2.06. The molecule has 0 radical (unpaired) electrons. The molecular weight excluding hydrogens is 274 g/mol. The van der Waals surface area contributed by atoms with Gasteiger partial charge in [0, 0.05) is 18.2 Å². The van der Waals surface area contributed by atoms with Crippen LogP contribution in [0.4, 0.5) is 0 Å². The van der Waals surface area contributed by atoms with Crippen LogP contribution in [-0.2, 0) is 9.59 Å². The maximum absolute atomic E-state index is 12.0. The lowest BCUT2D eigenvalue weighted by molar-refractivity contribution is -0.134. The van der Waals surface area contributed by atoms with Gasteiger partial charge < -0.3 is 10.4 Å². The number of carbonyl (C=O) groups excluding carboxylic acids is 3. The van der Waals surface area contributed by atoms with Gasteiger partial charge in [-0.15, -0.1) is 0 Å². The summed E-state index contributed by atoms with van der Waals surface area (Å²) in [4.78, 5) is 38.4. The number of hydrogen-bond donors (Lipinski definition) is 3. The number of aliphatic hydroxyl groups is 1. The van der Waals surface area contributed by atoms with Crippen LogP contribution in [-0.4, -0.2) is 40.5 Å². The summed E-state index contributed by atoms with van der Waals surface area (Å²) in [6, 6.07) is 2.34. The molecule has 0 aliphatic carbocycles. The van der Waals surface area contributed by atoms with Crippen LogP contribution < -0.4 is 10.6 Å². The third-order valence-corrected chi connectivity index (χ3v) is 2.85. The third kappa shape index (κ3) is 3.87. The number of carbonyl (C=O) groups is 3. The predicted molar refractivity (Wildman–Crippen MR) is 71.8 cm³/mol. The molecule has 1 atom stereocenters. The van der Waals surface area contributed by atoms with Gasteiger partial charge in [0.05, 0.1) is 0 Å². The molecule has 0 aromatic carbocycles. The van der Waals surface area contributed by atoms with Gasteiger partial charge in [-0.05, 0) is 18.6 Å². The summed E-state index contributed by atoms with van der Waals surface area (Å²) in [5.74, 6) is 3.79. The van der Waals surface area contributed by atoms with Gasteiger partial charge >= 0.3 is 0 Å². The molecule has 1 aliphatic rings. The van der Waals surface area contributed by atoms with Gasteiger partial charge in [0.1, 0.15) is 18.3 Å². The van der Waals surface area contributed by atoms with Gasteiger partial charge in [-0.2, -0.15) is 0 Å². The van der Waals surface area contributed by atoms with Crippen LogP contribution in [0.2, 0.25) is 0 Å². The number of aliphatic hydroxyl groups excluding tert-OH is 1.